The van der Waals surface area contributed by atoms with Crippen LogP contribution in [0.15, 0.2) is 84.5 Å². The fraction of sp³-hybridized carbons (Fsp3) is 0.371. The monoisotopic (exact) mass is 605 g/mol. The van der Waals surface area contributed by atoms with Gasteiger partial charge in [0.2, 0.25) is 11.8 Å². The number of aromatic nitrogens is 2. The van der Waals surface area contributed by atoms with Gasteiger partial charge in [-0.15, -0.1) is 0 Å². The Morgan fingerprint density at radius 1 is 1.02 bits per heavy atom. The molecule has 2 aromatic heterocycles. The predicted molar refractivity (Wildman–Crippen MR) is 167 cm³/mol. The Morgan fingerprint density at radius 2 is 1.70 bits per heavy atom. The van der Waals surface area contributed by atoms with Crippen LogP contribution in [0.4, 0.5) is 8.78 Å². The van der Waals surface area contributed by atoms with E-state index in [1.165, 1.54) is 37.5 Å². The van der Waals surface area contributed by atoms with E-state index in [0.29, 0.717) is 47.7 Å². The van der Waals surface area contributed by atoms with E-state index in [4.69, 9.17) is 9.47 Å². The van der Waals surface area contributed by atoms with E-state index in [-0.39, 0.29) is 41.4 Å². The number of ether oxygens (including phenoxy) is 2. The molecule has 3 aromatic rings. The molecule has 0 saturated heterocycles. The average Bonchev–Trinajstić information content (AvgIpc) is 2.99. The molecule has 9 heteroatoms. The Balaban J connectivity index is 1.51. The zero-order valence-electron chi connectivity index (χ0n) is 26.2. The molecule has 0 fully saturated rings. The van der Waals surface area contributed by atoms with Gasteiger partial charge in [-0.25, -0.2) is 18.7 Å². The minimum absolute atomic E-state index is 0.0729. The molecule has 2 unspecified atom stereocenters. The van der Waals surface area contributed by atoms with Gasteiger partial charge in [-0.1, -0.05) is 38.5 Å². The number of Topliss-reactive ketones (excluding diaryl/α,β-unsaturated/α-hetero) is 1. The van der Waals surface area contributed by atoms with Crippen LogP contribution in [-0.2, 0) is 0 Å². The summed E-state index contributed by atoms with van der Waals surface area (Å²) in [4.78, 5) is 32.7. The number of benzene rings is 1. The van der Waals surface area contributed by atoms with Crippen LogP contribution >= 0.6 is 0 Å². The first-order valence-electron chi connectivity index (χ1n) is 14.7. The van der Waals surface area contributed by atoms with Crippen molar-refractivity contribution < 1.29 is 27.8 Å². The highest BCUT2D eigenvalue weighted by Crippen LogP contribution is 2.31. The second-order valence-corrected chi connectivity index (χ2v) is 11.4. The van der Waals surface area contributed by atoms with Gasteiger partial charge < -0.3 is 14.8 Å². The number of hydrogen-bond acceptors (Lipinski definition) is 6. The number of carbonyl (C=O) groups excluding carboxylic acids is 2. The van der Waals surface area contributed by atoms with E-state index in [1.807, 2.05) is 27.7 Å². The SMILES string of the molecule is CCC(=CC(F)=CCCOc1ccc(C(C)=O)cn1)CC(C)(C)C(C)NC(=O)c1ccc(OC(C)c2cccc(F)c2)nc1. The minimum atomic E-state index is -0.415. The summed E-state index contributed by atoms with van der Waals surface area (Å²) in [6.45, 7) is 11.5. The Morgan fingerprint density at radius 3 is 2.32 bits per heavy atom. The molecule has 0 bridgehead atoms. The summed E-state index contributed by atoms with van der Waals surface area (Å²) < 4.78 is 39.6. The van der Waals surface area contributed by atoms with E-state index in [2.05, 4.69) is 15.3 Å². The molecule has 44 heavy (non-hydrogen) atoms. The van der Waals surface area contributed by atoms with Crippen molar-refractivity contribution in [2.75, 3.05) is 6.61 Å². The standard InChI is InChI=1S/C35H41F2N3O4/c1-7-26(18-30(36)12-9-17-43-32-15-13-28(21-38-32)23(2)41)20-35(5,6)25(4)40-34(42)29-14-16-33(39-22-29)44-24(3)27-10-8-11-31(37)19-27/h8,10-16,18-19,21-22,24-25H,7,9,17,20H2,1-6H3,(H,40,42). The van der Waals surface area contributed by atoms with Gasteiger partial charge in [0, 0.05) is 42.6 Å². The fourth-order valence-electron chi connectivity index (χ4n) is 4.37. The van der Waals surface area contributed by atoms with Crippen LogP contribution in [-0.4, -0.2) is 34.3 Å². The third-order valence-electron chi connectivity index (χ3n) is 7.46. The van der Waals surface area contributed by atoms with Crippen LogP contribution in [0.25, 0.3) is 0 Å². The highest BCUT2D eigenvalue weighted by molar-refractivity contribution is 5.94. The van der Waals surface area contributed by atoms with Crippen molar-refractivity contribution in [3.05, 3.63) is 107 Å². The van der Waals surface area contributed by atoms with Crippen molar-refractivity contribution in [2.24, 2.45) is 5.41 Å². The van der Waals surface area contributed by atoms with Gasteiger partial charge in [0.1, 0.15) is 17.7 Å². The molecule has 1 amide bonds. The molecule has 1 aromatic carbocycles. The molecular formula is C35H41F2N3O4. The van der Waals surface area contributed by atoms with Crippen molar-refractivity contribution in [3.63, 3.8) is 0 Å². The molecule has 0 aliphatic carbocycles. The highest BCUT2D eigenvalue weighted by atomic mass is 19.1. The van der Waals surface area contributed by atoms with Crippen LogP contribution < -0.4 is 14.8 Å². The first-order valence-corrected chi connectivity index (χ1v) is 14.7. The molecule has 234 valence electrons. The van der Waals surface area contributed by atoms with Crippen LogP contribution in [0.1, 0.15) is 93.2 Å². The van der Waals surface area contributed by atoms with Gasteiger partial charge >= 0.3 is 0 Å². The molecular weight excluding hydrogens is 564 g/mol. The summed E-state index contributed by atoms with van der Waals surface area (Å²) in [7, 11) is 0. The van der Waals surface area contributed by atoms with Crippen LogP contribution in [0.2, 0.25) is 0 Å². The van der Waals surface area contributed by atoms with Crippen LogP contribution in [0, 0.1) is 11.2 Å². The largest absolute Gasteiger partial charge is 0.477 e. The molecule has 3 rings (SSSR count). The van der Waals surface area contributed by atoms with Crippen LogP contribution in [0.3, 0.4) is 0 Å². The van der Waals surface area contributed by atoms with E-state index < -0.39 is 6.10 Å². The number of nitrogens with one attached hydrogen (secondary N) is 1. The molecule has 7 nitrogen and oxygen atoms in total. The smallest absolute Gasteiger partial charge is 0.253 e. The number of pyridine rings is 2. The molecule has 1 N–H and O–H groups in total. The van der Waals surface area contributed by atoms with Gasteiger partial charge in [-0.05, 0) is 81.0 Å². The molecule has 0 radical (unpaired) electrons. The zero-order valence-corrected chi connectivity index (χ0v) is 26.2. The normalized spacial score (nSPS) is 13.6. The number of carbonyl (C=O) groups is 2. The number of nitrogens with zero attached hydrogens (tertiary/aromatic N) is 2. The van der Waals surface area contributed by atoms with E-state index in [0.717, 1.165) is 5.57 Å². The Hall–Kier alpha value is -4.40. The van der Waals surface area contributed by atoms with Crippen molar-refractivity contribution >= 4 is 11.7 Å². The summed E-state index contributed by atoms with van der Waals surface area (Å²) >= 11 is 0. The second-order valence-electron chi connectivity index (χ2n) is 11.4. The topological polar surface area (TPSA) is 90.4 Å². The Bertz CT molecular complexity index is 1470. The average molecular weight is 606 g/mol. The van der Waals surface area contributed by atoms with E-state index >= 15 is 0 Å². The Labute approximate surface area is 258 Å². The van der Waals surface area contributed by atoms with Crippen molar-refractivity contribution in [3.8, 4) is 11.8 Å². The van der Waals surface area contributed by atoms with Crippen molar-refractivity contribution in [1.82, 2.24) is 15.3 Å². The van der Waals surface area contributed by atoms with Gasteiger partial charge in [0.25, 0.3) is 5.91 Å². The quantitative estimate of drug-likeness (QED) is 0.107. The van der Waals surface area contributed by atoms with Crippen molar-refractivity contribution in [1.29, 1.82) is 0 Å². The maximum absolute atomic E-state index is 14.7. The maximum atomic E-state index is 14.7. The summed E-state index contributed by atoms with van der Waals surface area (Å²) in [6.07, 6.45) is 7.10. The third kappa shape index (κ3) is 10.4. The summed E-state index contributed by atoms with van der Waals surface area (Å²) in [5, 5.41) is 3.04. The number of amides is 1. The van der Waals surface area contributed by atoms with Gasteiger partial charge in [-0.3, -0.25) is 9.59 Å². The lowest BCUT2D eigenvalue weighted by molar-refractivity contribution is 0.0901. The van der Waals surface area contributed by atoms with Gasteiger partial charge in [0.15, 0.2) is 5.78 Å². The number of hydrogen-bond donors (Lipinski definition) is 1. The molecule has 2 atom stereocenters. The molecule has 0 aliphatic rings. The lowest BCUT2D eigenvalue weighted by atomic mass is 9.78. The molecule has 0 saturated carbocycles. The van der Waals surface area contributed by atoms with E-state index in [1.54, 1.807) is 49.4 Å². The maximum Gasteiger partial charge on any atom is 0.253 e. The number of rotatable bonds is 15. The first kappa shape index (κ1) is 34.1. The first-order chi connectivity index (χ1) is 20.9. The molecule has 0 aliphatic heterocycles. The summed E-state index contributed by atoms with van der Waals surface area (Å²) in [5.74, 6) is -0.337. The molecule has 0 spiro atoms. The number of allylic oxidation sites excluding steroid dienone is 3. The molecule has 2 heterocycles. The van der Waals surface area contributed by atoms with Gasteiger partial charge in [-0.2, -0.15) is 0 Å². The second kappa shape index (κ2) is 15.9. The van der Waals surface area contributed by atoms with Gasteiger partial charge in [0.05, 0.1) is 12.2 Å². The summed E-state index contributed by atoms with van der Waals surface area (Å²) in [5.41, 5.74) is 2.12. The summed E-state index contributed by atoms with van der Waals surface area (Å²) in [6, 6.07) is 12.5. The highest BCUT2D eigenvalue weighted by Gasteiger charge is 2.28. The number of ketones is 1. The lowest BCUT2D eigenvalue weighted by Crippen LogP contribution is -2.43. The van der Waals surface area contributed by atoms with Crippen molar-refractivity contribution in [2.45, 2.75) is 73.0 Å². The lowest BCUT2D eigenvalue weighted by Gasteiger charge is -2.33. The minimum Gasteiger partial charge on any atom is -0.477 e. The number of halogens is 2. The predicted octanol–water partition coefficient (Wildman–Crippen LogP) is 8.15. The third-order valence-corrected chi connectivity index (χ3v) is 7.46. The zero-order chi connectivity index (χ0) is 32.3. The van der Waals surface area contributed by atoms with E-state index in [9.17, 15) is 18.4 Å². The fourth-order valence-corrected chi connectivity index (χ4v) is 4.37. The Kier molecular flexibility index (Phi) is 12.3. The van der Waals surface area contributed by atoms with Crippen LogP contribution in [0.5, 0.6) is 11.8 Å².